The summed E-state index contributed by atoms with van der Waals surface area (Å²) < 4.78 is 0. The Morgan fingerprint density at radius 2 is 1.70 bits per heavy atom. The number of nitrogens with zero attached hydrogens (tertiary/aromatic N) is 1. The maximum atomic E-state index is 12.7. The van der Waals surface area contributed by atoms with Crippen molar-refractivity contribution in [1.29, 1.82) is 0 Å². The van der Waals surface area contributed by atoms with Gasteiger partial charge in [0.1, 0.15) is 0 Å². The highest BCUT2D eigenvalue weighted by Gasteiger charge is 2.19. The molecule has 5 nitrogen and oxygen atoms in total. The zero-order chi connectivity index (χ0) is 19.2. The summed E-state index contributed by atoms with van der Waals surface area (Å²) in [4.78, 5) is 23.4. The summed E-state index contributed by atoms with van der Waals surface area (Å²) in [6.45, 7) is 0. The normalized spacial score (nSPS) is 11.6. The highest BCUT2D eigenvalue weighted by molar-refractivity contribution is 6.30. The van der Waals surface area contributed by atoms with Gasteiger partial charge in [0.05, 0.1) is 11.0 Å². The van der Waals surface area contributed by atoms with Crippen LogP contribution in [0, 0.1) is 10.1 Å². The lowest BCUT2D eigenvalue weighted by molar-refractivity contribution is -0.384. The molecule has 0 aliphatic heterocycles. The fraction of sp³-hybridized carbons (Fsp3) is 0.0952. The fourth-order valence-electron chi connectivity index (χ4n) is 2.78. The van der Waals surface area contributed by atoms with Gasteiger partial charge in [-0.05, 0) is 29.8 Å². The van der Waals surface area contributed by atoms with Gasteiger partial charge in [0.25, 0.3) is 5.69 Å². The number of hydrogen-bond acceptors (Lipinski definition) is 4. The zero-order valence-electron chi connectivity index (χ0n) is 14.3. The van der Waals surface area contributed by atoms with E-state index in [9.17, 15) is 14.9 Å². The Morgan fingerprint density at radius 1 is 1.00 bits per heavy atom. The molecule has 0 fully saturated rings. The van der Waals surface area contributed by atoms with Gasteiger partial charge in [-0.2, -0.15) is 0 Å². The first-order chi connectivity index (χ1) is 13.0. The summed E-state index contributed by atoms with van der Waals surface area (Å²) in [6.07, 6.45) is 0.161. The van der Waals surface area contributed by atoms with Crippen LogP contribution in [0.1, 0.15) is 28.4 Å². The molecule has 6 heteroatoms. The summed E-state index contributed by atoms with van der Waals surface area (Å²) in [5.74, 6) is -0.0476. The minimum Gasteiger partial charge on any atom is -0.378 e. The topological polar surface area (TPSA) is 72.2 Å². The second-order valence-corrected chi connectivity index (χ2v) is 6.49. The average Bonchev–Trinajstić information content (AvgIpc) is 2.70. The minimum absolute atomic E-state index is 0.0115. The standard InChI is InChI=1S/C21H17ClN2O3/c22-17-9-11-18(12-10-17)23-20(14-21(25)15-5-2-1-3-6-15)16-7-4-8-19(13-16)24(26)27/h1-13,20,23H,14H2. The van der Waals surface area contributed by atoms with Crippen LogP contribution in [0.15, 0.2) is 78.9 Å². The van der Waals surface area contributed by atoms with E-state index in [2.05, 4.69) is 5.32 Å². The first kappa shape index (κ1) is 18.6. The largest absolute Gasteiger partial charge is 0.378 e. The molecule has 0 amide bonds. The van der Waals surface area contributed by atoms with E-state index < -0.39 is 11.0 Å². The third-order valence-electron chi connectivity index (χ3n) is 4.15. The van der Waals surface area contributed by atoms with Gasteiger partial charge in [-0.3, -0.25) is 14.9 Å². The lowest BCUT2D eigenvalue weighted by atomic mass is 9.97. The number of non-ortho nitro benzene ring substituents is 1. The van der Waals surface area contributed by atoms with Gasteiger partial charge in [-0.25, -0.2) is 0 Å². The number of nitrogens with one attached hydrogen (secondary N) is 1. The number of hydrogen-bond donors (Lipinski definition) is 1. The van der Waals surface area contributed by atoms with E-state index in [-0.39, 0.29) is 17.9 Å². The van der Waals surface area contributed by atoms with Crippen molar-refractivity contribution in [2.24, 2.45) is 0 Å². The Bertz CT molecular complexity index is 943. The monoisotopic (exact) mass is 380 g/mol. The molecule has 3 aromatic carbocycles. The summed E-state index contributed by atoms with van der Waals surface area (Å²) in [6, 6.07) is 22.0. The van der Waals surface area contributed by atoms with Crippen LogP contribution in [0.5, 0.6) is 0 Å². The molecule has 1 atom stereocenters. The van der Waals surface area contributed by atoms with E-state index in [0.29, 0.717) is 16.1 Å². The molecule has 0 aromatic heterocycles. The fourth-order valence-corrected chi connectivity index (χ4v) is 2.91. The number of anilines is 1. The van der Waals surface area contributed by atoms with Crippen LogP contribution in [0.25, 0.3) is 0 Å². The van der Waals surface area contributed by atoms with Crippen LogP contribution in [0.4, 0.5) is 11.4 Å². The number of nitro benzene ring substituents is 1. The first-order valence-corrected chi connectivity index (χ1v) is 8.75. The molecule has 0 aliphatic carbocycles. The Balaban J connectivity index is 1.90. The van der Waals surface area contributed by atoms with Crippen molar-refractivity contribution in [2.75, 3.05) is 5.32 Å². The van der Waals surface area contributed by atoms with E-state index in [1.807, 2.05) is 18.2 Å². The number of carbonyl (C=O) groups is 1. The van der Waals surface area contributed by atoms with Gasteiger partial charge >= 0.3 is 0 Å². The van der Waals surface area contributed by atoms with Gasteiger partial charge in [0.2, 0.25) is 0 Å². The first-order valence-electron chi connectivity index (χ1n) is 8.37. The molecule has 0 aliphatic rings. The van der Waals surface area contributed by atoms with Crippen molar-refractivity contribution in [3.63, 3.8) is 0 Å². The summed E-state index contributed by atoms with van der Waals surface area (Å²) in [5.41, 5.74) is 2.04. The Hall–Kier alpha value is -3.18. The van der Waals surface area contributed by atoms with E-state index in [1.54, 1.807) is 48.5 Å². The van der Waals surface area contributed by atoms with Crippen LogP contribution in [-0.2, 0) is 0 Å². The van der Waals surface area contributed by atoms with E-state index in [0.717, 1.165) is 5.69 Å². The Kier molecular flexibility index (Phi) is 5.84. The van der Waals surface area contributed by atoms with Crippen molar-refractivity contribution in [3.8, 4) is 0 Å². The third kappa shape index (κ3) is 4.92. The van der Waals surface area contributed by atoms with Crippen LogP contribution < -0.4 is 5.32 Å². The van der Waals surface area contributed by atoms with Gasteiger partial charge in [-0.15, -0.1) is 0 Å². The summed E-state index contributed by atoms with van der Waals surface area (Å²) in [5, 5.41) is 15.0. The molecular weight excluding hydrogens is 364 g/mol. The maximum absolute atomic E-state index is 12.7. The molecule has 0 heterocycles. The molecular formula is C21H17ClN2O3. The predicted molar refractivity (Wildman–Crippen MR) is 106 cm³/mol. The quantitative estimate of drug-likeness (QED) is 0.325. The molecule has 136 valence electrons. The highest BCUT2D eigenvalue weighted by Crippen LogP contribution is 2.27. The molecule has 0 saturated carbocycles. The van der Waals surface area contributed by atoms with Crippen molar-refractivity contribution < 1.29 is 9.72 Å². The maximum Gasteiger partial charge on any atom is 0.269 e. The van der Waals surface area contributed by atoms with Gasteiger partial charge in [0, 0.05) is 34.8 Å². The van der Waals surface area contributed by atoms with Crippen LogP contribution in [0.3, 0.4) is 0 Å². The molecule has 0 spiro atoms. The van der Waals surface area contributed by atoms with E-state index in [4.69, 9.17) is 11.6 Å². The lowest BCUT2D eigenvalue weighted by Gasteiger charge is -2.20. The zero-order valence-corrected chi connectivity index (χ0v) is 15.1. The number of nitro groups is 1. The van der Waals surface area contributed by atoms with Gasteiger partial charge in [-0.1, -0.05) is 54.1 Å². The molecule has 0 saturated heterocycles. The van der Waals surface area contributed by atoms with Crippen molar-refractivity contribution in [3.05, 3.63) is 105 Å². The third-order valence-corrected chi connectivity index (χ3v) is 4.41. The number of halogens is 1. The molecule has 0 radical (unpaired) electrons. The smallest absolute Gasteiger partial charge is 0.269 e. The van der Waals surface area contributed by atoms with E-state index in [1.165, 1.54) is 12.1 Å². The highest BCUT2D eigenvalue weighted by atomic mass is 35.5. The van der Waals surface area contributed by atoms with Crippen molar-refractivity contribution in [2.45, 2.75) is 12.5 Å². The summed E-state index contributed by atoms with van der Waals surface area (Å²) >= 11 is 5.93. The molecule has 1 unspecified atom stereocenters. The van der Waals surface area contributed by atoms with Crippen LogP contribution >= 0.6 is 11.6 Å². The summed E-state index contributed by atoms with van der Waals surface area (Å²) in [7, 11) is 0. The van der Waals surface area contributed by atoms with E-state index >= 15 is 0 Å². The second kappa shape index (κ2) is 8.47. The predicted octanol–water partition coefficient (Wildman–Crippen LogP) is 5.67. The van der Waals surface area contributed by atoms with Gasteiger partial charge < -0.3 is 5.32 Å². The second-order valence-electron chi connectivity index (χ2n) is 6.05. The molecule has 27 heavy (non-hydrogen) atoms. The number of carbonyl (C=O) groups excluding carboxylic acids is 1. The van der Waals surface area contributed by atoms with Crippen molar-refractivity contribution >= 4 is 28.8 Å². The number of ketones is 1. The molecule has 3 rings (SSSR count). The minimum atomic E-state index is -0.443. The molecule has 3 aromatic rings. The number of rotatable bonds is 7. The van der Waals surface area contributed by atoms with Crippen LogP contribution in [-0.4, -0.2) is 10.7 Å². The average molecular weight is 381 g/mol. The van der Waals surface area contributed by atoms with Crippen molar-refractivity contribution in [1.82, 2.24) is 0 Å². The lowest BCUT2D eigenvalue weighted by Crippen LogP contribution is -2.16. The van der Waals surface area contributed by atoms with Crippen LogP contribution in [0.2, 0.25) is 5.02 Å². The number of benzene rings is 3. The Labute approximate surface area is 161 Å². The number of Topliss-reactive ketones (excluding diaryl/α,β-unsaturated/α-hetero) is 1. The van der Waals surface area contributed by atoms with Gasteiger partial charge in [0.15, 0.2) is 5.78 Å². The molecule has 1 N–H and O–H groups in total. The Morgan fingerprint density at radius 3 is 2.37 bits per heavy atom. The SMILES string of the molecule is O=C(CC(Nc1ccc(Cl)cc1)c1cccc([N+](=O)[O-])c1)c1ccccc1. The molecule has 0 bridgehead atoms.